The van der Waals surface area contributed by atoms with Gasteiger partial charge < -0.3 is 14.7 Å². The fourth-order valence-corrected chi connectivity index (χ4v) is 2.76. The summed E-state index contributed by atoms with van der Waals surface area (Å²) in [6.45, 7) is 5.10. The molecule has 0 bridgehead atoms. The maximum Gasteiger partial charge on any atom is 0.279 e. The van der Waals surface area contributed by atoms with Crippen LogP contribution in [0.1, 0.15) is 31.4 Å². The van der Waals surface area contributed by atoms with Gasteiger partial charge in [-0.15, -0.1) is 5.10 Å². The van der Waals surface area contributed by atoms with Crippen molar-refractivity contribution in [1.29, 1.82) is 0 Å². The van der Waals surface area contributed by atoms with E-state index in [0.29, 0.717) is 30.2 Å². The zero-order valence-electron chi connectivity index (χ0n) is 14.8. The third-order valence-electron chi connectivity index (χ3n) is 4.04. The van der Waals surface area contributed by atoms with E-state index in [2.05, 4.69) is 10.2 Å². The van der Waals surface area contributed by atoms with E-state index in [1.165, 1.54) is 6.21 Å². The number of aromatic hydroxyl groups is 1. The molecule has 0 saturated heterocycles. The number of hydrogen-bond acceptors (Lipinski definition) is 5. The number of anilines is 1. The lowest BCUT2D eigenvalue weighted by Crippen LogP contribution is -2.29. The molecule has 26 heavy (non-hydrogen) atoms. The van der Waals surface area contributed by atoms with Crippen LogP contribution in [0, 0.1) is 0 Å². The molecule has 2 aromatic rings. The van der Waals surface area contributed by atoms with Crippen molar-refractivity contribution in [3.05, 3.63) is 53.6 Å². The van der Waals surface area contributed by atoms with Crippen LogP contribution in [-0.4, -0.2) is 36.1 Å². The number of fused-ring (bicyclic) bond motifs is 1. The molecule has 0 spiro atoms. The van der Waals surface area contributed by atoms with Crippen LogP contribution in [0.2, 0.25) is 0 Å². The van der Waals surface area contributed by atoms with Crippen molar-refractivity contribution in [2.45, 2.75) is 20.3 Å². The fourth-order valence-electron chi connectivity index (χ4n) is 2.76. The summed E-state index contributed by atoms with van der Waals surface area (Å²) < 4.78 is 5.47. The first-order chi connectivity index (χ1) is 12.7. The Bertz CT molecular complexity index is 874. The number of ether oxygens (including phenoxy) is 1. The fraction of sp³-hybridized carbons (Fsp3) is 0.250. The number of para-hydroxylation sites is 1. The summed E-state index contributed by atoms with van der Waals surface area (Å²) in [6.07, 6.45) is 2.32. The van der Waals surface area contributed by atoms with E-state index < -0.39 is 0 Å². The highest BCUT2D eigenvalue weighted by atomic mass is 16.5. The first kappa shape index (κ1) is 17.7. The Labute approximate surface area is 152 Å². The minimum Gasteiger partial charge on any atom is -0.507 e. The Morgan fingerprint density at radius 2 is 2.00 bits per heavy atom. The number of amides is 1. The lowest BCUT2D eigenvalue weighted by molar-refractivity contribution is -0.112. The highest BCUT2D eigenvalue weighted by Crippen LogP contribution is 2.29. The van der Waals surface area contributed by atoms with Crippen molar-refractivity contribution >= 4 is 23.5 Å². The third-order valence-corrected chi connectivity index (χ3v) is 4.04. The predicted octanol–water partition coefficient (Wildman–Crippen LogP) is 3.37. The summed E-state index contributed by atoms with van der Waals surface area (Å²) >= 11 is 0. The van der Waals surface area contributed by atoms with Crippen LogP contribution in [-0.2, 0) is 4.79 Å². The van der Waals surface area contributed by atoms with E-state index in [4.69, 9.17) is 4.74 Å². The number of carbonyl (C=O) groups is 1. The molecule has 0 saturated carbocycles. The summed E-state index contributed by atoms with van der Waals surface area (Å²) in [5.41, 5.74) is 2.42. The van der Waals surface area contributed by atoms with Crippen LogP contribution in [0.15, 0.2) is 52.7 Å². The highest BCUT2D eigenvalue weighted by Gasteiger charge is 2.32. The van der Waals surface area contributed by atoms with E-state index in [1.54, 1.807) is 23.1 Å². The van der Waals surface area contributed by atoms with Crippen LogP contribution in [0.25, 0.3) is 0 Å². The summed E-state index contributed by atoms with van der Waals surface area (Å²) in [4.78, 5) is 14.2. The molecule has 0 atom stereocenters. The zero-order chi connectivity index (χ0) is 18.5. The van der Waals surface area contributed by atoms with Gasteiger partial charge in [0.25, 0.3) is 5.91 Å². The second kappa shape index (κ2) is 7.82. The van der Waals surface area contributed by atoms with Crippen molar-refractivity contribution in [2.75, 3.05) is 18.1 Å². The van der Waals surface area contributed by atoms with Gasteiger partial charge in [0, 0.05) is 23.7 Å². The lowest BCUT2D eigenvalue weighted by Gasteiger charge is -2.12. The molecule has 1 aliphatic rings. The molecule has 0 aliphatic carbocycles. The van der Waals surface area contributed by atoms with Crippen LogP contribution in [0.4, 0.5) is 5.69 Å². The number of rotatable bonds is 6. The molecule has 3 rings (SSSR count). The van der Waals surface area contributed by atoms with Gasteiger partial charge >= 0.3 is 0 Å². The van der Waals surface area contributed by atoms with E-state index in [1.807, 2.05) is 38.1 Å². The average molecular weight is 351 g/mol. The Balaban J connectivity index is 1.82. The maximum absolute atomic E-state index is 12.5. The topological polar surface area (TPSA) is 74.5 Å². The molecule has 2 aromatic carbocycles. The van der Waals surface area contributed by atoms with Crippen LogP contribution >= 0.6 is 0 Å². The summed E-state index contributed by atoms with van der Waals surface area (Å²) in [5.74, 6) is 0.487. The van der Waals surface area contributed by atoms with Crippen molar-refractivity contribution in [3.63, 3.8) is 0 Å². The van der Waals surface area contributed by atoms with Crippen LogP contribution in [0.3, 0.4) is 0 Å². The molecular weight excluding hydrogens is 330 g/mol. The first-order valence-corrected chi connectivity index (χ1v) is 8.63. The van der Waals surface area contributed by atoms with Gasteiger partial charge in [-0.2, -0.15) is 5.10 Å². The molecule has 134 valence electrons. The minimum atomic E-state index is -0.168. The lowest BCUT2D eigenvalue weighted by atomic mass is 10.1. The second-order valence-electron chi connectivity index (χ2n) is 5.83. The number of carbonyl (C=O) groups excluding carboxylic acids is 1. The van der Waals surface area contributed by atoms with E-state index in [0.717, 1.165) is 17.7 Å². The van der Waals surface area contributed by atoms with Gasteiger partial charge in [0.15, 0.2) is 5.71 Å². The standard InChI is InChI=1S/C20H21N3O3/c1-3-11-26-15-10-9-14(18(24)12-15)13-21-22-19-16-7-5-6-8-17(16)23(4-2)20(19)25/h5-10,12-13,24H,3-4,11H2,1-2H3/b21-13+,22-19-. The number of hydrogen-bond donors (Lipinski definition) is 1. The summed E-state index contributed by atoms with van der Waals surface area (Å²) in [5, 5.41) is 18.2. The molecular formula is C20H21N3O3. The first-order valence-electron chi connectivity index (χ1n) is 8.63. The third kappa shape index (κ3) is 3.44. The van der Waals surface area contributed by atoms with Crippen LogP contribution in [0.5, 0.6) is 11.5 Å². The van der Waals surface area contributed by atoms with Crippen molar-refractivity contribution < 1.29 is 14.6 Å². The van der Waals surface area contributed by atoms with Gasteiger partial charge in [-0.3, -0.25) is 4.79 Å². The SMILES string of the molecule is CCCOc1ccc(/C=N/N=C2\C(=O)N(CC)c3ccccc32)c(O)c1. The Kier molecular flexibility index (Phi) is 5.31. The monoisotopic (exact) mass is 351 g/mol. The van der Waals surface area contributed by atoms with Gasteiger partial charge in [0.2, 0.25) is 0 Å². The molecule has 1 amide bonds. The average Bonchev–Trinajstić information content (AvgIpc) is 2.92. The minimum absolute atomic E-state index is 0.0517. The molecule has 6 heteroatoms. The molecule has 0 aromatic heterocycles. The molecule has 0 fully saturated rings. The Morgan fingerprint density at radius 3 is 2.73 bits per heavy atom. The number of phenolic OH excluding ortho intramolecular Hbond substituents is 1. The number of nitrogens with zero attached hydrogens (tertiary/aromatic N) is 3. The van der Waals surface area contributed by atoms with Crippen molar-refractivity contribution in [3.8, 4) is 11.5 Å². The number of benzene rings is 2. The number of likely N-dealkylation sites (N-methyl/N-ethyl adjacent to an activating group) is 1. The van der Waals surface area contributed by atoms with Crippen molar-refractivity contribution in [2.24, 2.45) is 10.2 Å². The van der Waals surface area contributed by atoms with Crippen LogP contribution < -0.4 is 9.64 Å². The second-order valence-corrected chi connectivity index (χ2v) is 5.83. The van der Waals surface area contributed by atoms with Gasteiger partial charge in [0.05, 0.1) is 18.5 Å². The molecule has 6 nitrogen and oxygen atoms in total. The molecule has 1 heterocycles. The quantitative estimate of drug-likeness (QED) is 0.640. The Hall–Kier alpha value is -3.15. The molecule has 0 radical (unpaired) electrons. The molecule has 1 N–H and O–H groups in total. The summed E-state index contributed by atoms with van der Waals surface area (Å²) in [6, 6.07) is 12.5. The normalized spacial score (nSPS) is 15.1. The van der Waals surface area contributed by atoms with E-state index >= 15 is 0 Å². The van der Waals surface area contributed by atoms with E-state index in [9.17, 15) is 9.90 Å². The predicted molar refractivity (Wildman–Crippen MR) is 102 cm³/mol. The van der Waals surface area contributed by atoms with Gasteiger partial charge in [-0.25, -0.2) is 0 Å². The van der Waals surface area contributed by atoms with Gasteiger partial charge in [0.1, 0.15) is 11.5 Å². The smallest absolute Gasteiger partial charge is 0.279 e. The van der Waals surface area contributed by atoms with Gasteiger partial charge in [-0.05, 0) is 31.5 Å². The molecule has 1 aliphatic heterocycles. The Morgan fingerprint density at radius 1 is 1.19 bits per heavy atom. The number of phenols is 1. The maximum atomic E-state index is 12.5. The van der Waals surface area contributed by atoms with Crippen molar-refractivity contribution in [1.82, 2.24) is 0 Å². The highest BCUT2D eigenvalue weighted by molar-refractivity contribution is 6.54. The largest absolute Gasteiger partial charge is 0.507 e. The van der Waals surface area contributed by atoms with Gasteiger partial charge in [-0.1, -0.05) is 25.1 Å². The summed E-state index contributed by atoms with van der Waals surface area (Å²) in [7, 11) is 0. The molecule has 0 unspecified atom stereocenters. The van der Waals surface area contributed by atoms with E-state index in [-0.39, 0.29) is 11.7 Å². The zero-order valence-corrected chi connectivity index (χ0v) is 14.8.